The first-order chi connectivity index (χ1) is 10.1. The second-order valence-electron chi connectivity index (χ2n) is 5.64. The van der Waals surface area contributed by atoms with Crippen LogP contribution in [0.1, 0.15) is 6.92 Å². The van der Waals surface area contributed by atoms with Gasteiger partial charge in [0.1, 0.15) is 5.75 Å². The molecule has 21 heavy (non-hydrogen) atoms. The summed E-state index contributed by atoms with van der Waals surface area (Å²) in [6.07, 6.45) is 0.120. The molecule has 1 aromatic rings. The number of amides is 1. The van der Waals surface area contributed by atoms with Crippen molar-refractivity contribution in [1.82, 2.24) is 4.90 Å². The van der Waals surface area contributed by atoms with Crippen LogP contribution in [0.25, 0.3) is 0 Å². The van der Waals surface area contributed by atoms with Crippen LogP contribution in [-0.4, -0.2) is 56.3 Å². The summed E-state index contributed by atoms with van der Waals surface area (Å²) >= 11 is 0. The molecule has 114 valence electrons. The predicted molar refractivity (Wildman–Crippen MR) is 80.5 cm³/mol. The zero-order valence-electron chi connectivity index (χ0n) is 12.4. The minimum atomic E-state index is 0.0599. The lowest BCUT2D eigenvalue weighted by Gasteiger charge is -2.46. The molecule has 3 rings (SSSR count). The van der Waals surface area contributed by atoms with E-state index < -0.39 is 0 Å². The van der Waals surface area contributed by atoms with Crippen molar-refractivity contribution in [1.29, 1.82) is 0 Å². The maximum atomic E-state index is 11.5. The maximum Gasteiger partial charge on any atom is 0.219 e. The van der Waals surface area contributed by atoms with Gasteiger partial charge in [0.2, 0.25) is 5.91 Å². The van der Waals surface area contributed by atoms with E-state index in [0.717, 1.165) is 18.8 Å². The molecular weight excluding hydrogens is 270 g/mol. The number of rotatable bonds is 2. The van der Waals surface area contributed by atoms with Gasteiger partial charge in [0.05, 0.1) is 25.0 Å². The monoisotopic (exact) mass is 291 g/mol. The Morgan fingerprint density at radius 3 is 2.48 bits per heavy atom. The largest absolute Gasteiger partial charge is 0.495 e. The van der Waals surface area contributed by atoms with Gasteiger partial charge in [0.15, 0.2) is 0 Å². The Morgan fingerprint density at radius 1 is 1.29 bits per heavy atom. The third-order valence-electron chi connectivity index (χ3n) is 4.10. The van der Waals surface area contributed by atoms with Crippen LogP contribution in [0.5, 0.6) is 5.75 Å². The van der Waals surface area contributed by atoms with Gasteiger partial charge < -0.3 is 25.0 Å². The van der Waals surface area contributed by atoms with Crippen molar-refractivity contribution in [2.45, 2.75) is 19.1 Å². The highest BCUT2D eigenvalue weighted by molar-refractivity contribution is 5.73. The van der Waals surface area contributed by atoms with Crippen LogP contribution >= 0.6 is 0 Å². The number of hydrogen-bond donors (Lipinski definition) is 1. The molecule has 2 unspecified atom stereocenters. The summed E-state index contributed by atoms with van der Waals surface area (Å²) in [5, 5.41) is 0. The van der Waals surface area contributed by atoms with Crippen molar-refractivity contribution in [3.63, 3.8) is 0 Å². The number of anilines is 2. The number of ether oxygens (including phenoxy) is 2. The van der Waals surface area contributed by atoms with E-state index in [2.05, 4.69) is 4.90 Å². The summed E-state index contributed by atoms with van der Waals surface area (Å²) in [5.74, 6) is 0.811. The molecule has 1 aromatic carbocycles. The fourth-order valence-corrected chi connectivity index (χ4v) is 3.08. The smallest absolute Gasteiger partial charge is 0.219 e. The van der Waals surface area contributed by atoms with Crippen molar-refractivity contribution < 1.29 is 14.3 Å². The van der Waals surface area contributed by atoms with E-state index in [4.69, 9.17) is 15.2 Å². The van der Waals surface area contributed by atoms with E-state index in [0.29, 0.717) is 24.5 Å². The highest BCUT2D eigenvalue weighted by Gasteiger charge is 2.35. The number of hydrogen-bond acceptors (Lipinski definition) is 5. The Balaban J connectivity index is 1.75. The van der Waals surface area contributed by atoms with Gasteiger partial charge in [-0.05, 0) is 18.2 Å². The molecule has 2 saturated heterocycles. The number of benzene rings is 1. The minimum absolute atomic E-state index is 0.0599. The third kappa shape index (κ3) is 2.76. The fourth-order valence-electron chi connectivity index (χ4n) is 3.08. The fraction of sp³-hybridized carbons (Fsp3) is 0.533. The Labute approximate surface area is 124 Å². The second-order valence-corrected chi connectivity index (χ2v) is 5.64. The molecule has 6 nitrogen and oxygen atoms in total. The van der Waals surface area contributed by atoms with Crippen LogP contribution in [-0.2, 0) is 9.53 Å². The zero-order chi connectivity index (χ0) is 15.0. The van der Waals surface area contributed by atoms with Crippen LogP contribution in [0.15, 0.2) is 18.2 Å². The molecule has 2 aliphatic rings. The molecule has 2 bridgehead atoms. The van der Waals surface area contributed by atoms with E-state index in [1.165, 1.54) is 0 Å². The highest BCUT2D eigenvalue weighted by Crippen LogP contribution is 2.30. The Kier molecular flexibility index (Phi) is 3.63. The number of carbonyl (C=O) groups excluding carboxylic acids is 1. The summed E-state index contributed by atoms with van der Waals surface area (Å²) in [5.41, 5.74) is 7.69. The molecular formula is C15H21N3O3. The summed E-state index contributed by atoms with van der Waals surface area (Å²) in [7, 11) is 1.61. The van der Waals surface area contributed by atoms with Gasteiger partial charge in [-0.2, -0.15) is 0 Å². The van der Waals surface area contributed by atoms with Crippen LogP contribution in [0, 0.1) is 0 Å². The number of nitrogens with zero attached hydrogens (tertiary/aromatic N) is 2. The first kappa shape index (κ1) is 14.0. The molecule has 2 heterocycles. The van der Waals surface area contributed by atoms with Crippen molar-refractivity contribution in [2.75, 3.05) is 43.9 Å². The molecule has 0 aromatic heterocycles. The molecule has 2 atom stereocenters. The predicted octanol–water partition coefficient (Wildman–Crippen LogP) is 0.713. The summed E-state index contributed by atoms with van der Waals surface area (Å²) in [6, 6.07) is 5.83. The Morgan fingerprint density at radius 2 is 1.95 bits per heavy atom. The van der Waals surface area contributed by atoms with Gasteiger partial charge >= 0.3 is 0 Å². The number of morpholine rings is 2. The molecule has 0 spiro atoms. The molecule has 2 aliphatic heterocycles. The summed E-state index contributed by atoms with van der Waals surface area (Å²) < 4.78 is 11.1. The van der Waals surface area contributed by atoms with E-state index in [9.17, 15) is 4.79 Å². The first-order valence-electron chi connectivity index (χ1n) is 7.16. The number of nitrogens with two attached hydrogens (primary N) is 1. The van der Waals surface area contributed by atoms with Crippen LogP contribution in [0.3, 0.4) is 0 Å². The first-order valence-corrected chi connectivity index (χ1v) is 7.16. The normalized spacial score (nSPS) is 24.9. The van der Waals surface area contributed by atoms with E-state index in [1.54, 1.807) is 14.0 Å². The topological polar surface area (TPSA) is 68.0 Å². The second kappa shape index (κ2) is 5.44. The molecule has 0 saturated carbocycles. The van der Waals surface area contributed by atoms with Gasteiger partial charge in [0, 0.05) is 38.8 Å². The SMILES string of the molecule is COc1ccc(N2CC3CN(C(C)=O)CC(C2)O3)cc1N. The highest BCUT2D eigenvalue weighted by atomic mass is 16.5. The van der Waals surface area contributed by atoms with Crippen LogP contribution in [0.4, 0.5) is 11.4 Å². The van der Waals surface area contributed by atoms with Gasteiger partial charge in [-0.3, -0.25) is 4.79 Å². The molecule has 2 N–H and O–H groups in total. The van der Waals surface area contributed by atoms with Crippen molar-refractivity contribution in [3.8, 4) is 5.75 Å². The summed E-state index contributed by atoms with van der Waals surface area (Å²) in [4.78, 5) is 15.7. The number of nitrogen functional groups attached to an aromatic ring is 1. The third-order valence-corrected chi connectivity index (χ3v) is 4.10. The van der Waals surface area contributed by atoms with Crippen LogP contribution in [0.2, 0.25) is 0 Å². The van der Waals surface area contributed by atoms with Gasteiger partial charge in [-0.1, -0.05) is 0 Å². The average Bonchev–Trinajstić information content (AvgIpc) is 2.46. The van der Waals surface area contributed by atoms with Gasteiger partial charge in [-0.25, -0.2) is 0 Å². The molecule has 6 heteroatoms. The van der Waals surface area contributed by atoms with Crippen LogP contribution < -0.4 is 15.4 Å². The van der Waals surface area contributed by atoms with E-state index in [-0.39, 0.29) is 18.1 Å². The Hall–Kier alpha value is -1.95. The lowest BCUT2D eigenvalue weighted by molar-refractivity contribution is -0.145. The lowest BCUT2D eigenvalue weighted by Crippen LogP contribution is -2.60. The average molecular weight is 291 g/mol. The number of fused-ring (bicyclic) bond motifs is 2. The van der Waals surface area contributed by atoms with Gasteiger partial charge in [0.25, 0.3) is 0 Å². The van der Waals surface area contributed by atoms with Crippen molar-refractivity contribution in [3.05, 3.63) is 18.2 Å². The number of methoxy groups -OCH3 is 1. The molecule has 0 aliphatic carbocycles. The van der Waals surface area contributed by atoms with Crippen molar-refractivity contribution in [2.24, 2.45) is 0 Å². The molecule has 1 amide bonds. The van der Waals surface area contributed by atoms with Gasteiger partial charge in [-0.15, -0.1) is 0 Å². The zero-order valence-corrected chi connectivity index (χ0v) is 12.4. The van der Waals surface area contributed by atoms with Crippen molar-refractivity contribution >= 4 is 17.3 Å². The van der Waals surface area contributed by atoms with E-state index in [1.807, 2.05) is 23.1 Å². The Bertz CT molecular complexity index is 535. The minimum Gasteiger partial charge on any atom is -0.495 e. The summed E-state index contributed by atoms with van der Waals surface area (Å²) in [6.45, 7) is 4.48. The maximum absolute atomic E-state index is 11.5. The standard InChI is InChI=1S/C15H21N3O3/c1-10(19)17-6-12-8-18(9-13(7-17)21-12)11-3-4-15(20-2)14(16)5-11/h3-5,12-13H,6-9,16H2,1-2H3. The van der Waals surface area contributed by atoms with E-state index >= 15 is 0 Å². The molecule has 0 radical (unpaired) electrons. The quantitative estimate of drug-likeness (QED) is 0.813. The number of carbonyl (C=O) groups is 1. The molecule has 2 fully saturated rings. The lowest BCUT2D eigenvalue weighted by atomic mass is 10.1.